The highest BCUT2D eigenvalue weighted by Gasteiger charge is 2.32. The Labute approximate surface area is 117 Å². The van der Waals surface area contributed by atoms with Crippen molar-refractivity contribution in [1.29, 1.82) is 0 Å². The number of hydrogen-bond acceptors (Lipinski definition) is 5. The average Bonchev–Trinajstić information content (AvgIpc) is 2.73. The number of aromatic hydroxyl groups is 2. The minimum absolute atomic E-state index is 0.00999. The third kappa shape index (κ3) is 3.22. The van der Waals surface area contributed by atoms with Crippen LogP contribution in [0.25, 0.3) is 0 Å². The summed E-state index contributed by atoms with van der Waals surface area (Å²) in [5.74, 6) is -0.597. The fourth-order valence-corrected chi connectivity index (χ4v) is 4.04. The van der Waals surface area contributed by atoms with Crippen molar-refractivity contribution >= 4 is 15.7 Å². The number of benzene rings is 1. The Balaban J connectivity index is 2.02. The van der Waals surface area contributed by atoms with Gasteiger partial charge >= 0.3 is 0 Å². The Morgan fingerprint density at radius 3 is 2.60 bits per heavy atom. The molecule has 7 heteroatoms. The second-order valence-electron chi connectivity index (χ2n) is 5.06. The molecule has 2 rings (SSSR count). The molecule has 1 heterocycles. The SMILES string of the molecule is CN(C(=O)Cc1ccc(O)c(O)c1)C1CCS(=O)(=O)C1. The molecule has 0 saturated carbocycles. The smallest absolute Gasteiger partial charge is 0.227 e. The minimum Gasteiger partial charge on any atom is -0.504 e. The van der Waals surface area contributed by atoms with Crippen LogP contribution in [0, 0.1) is 0 Å². The van der Waals surface area contributed by atoms with E-state index in [1.165, 1.54) is 17.0 Å². The maximum Gasteiger partial charge on any atom is 0.227 e. The van der Waals surface area contributed by atoms with Crippen molar-refractivity contribution in [1.82, 2.24) is 4.90 Å². The van der Waals surface area contributed by atoms with Crippen LogP contribution < -0.4 is 0 Å². The number of nitrogens with zero attached hydrogens (tertiary/aromatic N) is 1. The first-order chi connectivity index (χ1) is 9.28. The van der Waals surface area contributed by atoms with Crippen LogP contribution in [0.15, 0.2) is 18.2 Å². The summed E-state index contributed by atoms with van der Waals surface area (Å²) >= 11 is 0. The summed E-state index contributed by atoms with van der Waals surface area (Å²) in [7, 11) is -1.43. The number of sulfone groups is 1. The topological polar surface area (TPSA) is 94.9 Å². The summed E-state index contributed by atoms with van der Waals surface area (Å²) < 4.78 is 22.8. The highest BCUT2D eigenvalue weighted by atomic mass is 32.2. The normalized spacial score (nSPS) is 20.8. The molecule has 2 N–H and O–H groups in total. The molecule has 1 aliphatic rings. The number of phenolic OH excluding ortho intramolecular Hbond substituents is 2. The van der Waals surface area contributed by atoms with Crippen LogP contribution in [-0.2, 0) is 21.1 Å². The van der Waals surface area contributed by atoms with Gasteiger partial charge in [0.2, 0.25) is 5.91 Å². The van der Waals surface area contributed by atoms with E-state index in [1.807, 2.05) is 0 Å². The van der Waals surface area contributed by atoms with E-state index in [4.69, 9.17) is 0 Å². The number of amides is 1. The second kappa shape index (κ2) is 5.32. The Hall–Kier alpha value is -1.76. The average molecular weight is 299 g/mol. The van der Waals surface area contributed by atoms with Crippen molar-refractivity contribution in [2.45, 2.75) is 18.9 Å². The molecule has 0 aromatic heterocycles. The molecule has 0 spiro atoms. The first kappa shape index (κ1) is 14.6. The van der Waals surface area contributed by atoms with E-state index in [2.05, 4.69) is 0 Å². The first-order valence-electron chi connectivity index (χ1n) is 6.25. The minimum atomic E-state index is -3.03. The summed E-state index contributed by atoms with van der Waals surface area (Å²) in [4.78, 5) is 13.5. The zero-order valence-electron chi connectivity index (χ0n) is 11.1. The van der Waals surface area contributed by atoms with Crippen molar-refractivity contribution < 1.29 is 23.4 Å². The zero-order valence-corrected chi connectivity index (χ0v) is 11.9. The lowest BCUT2D eigenvalue weighted by Gasteiger charge is -2.23. The third-order valence-electron chi connectivity index (χ3n) is 3.54. The molecule has 1 aromatic rings. The molecular formula is C13H17NO5S. The van der Waals surface area contributed by atoms with E-state index >= 15 is 0 Å². The molecule has 6 nitrogen and oxygen atoms in total. The van der Waals surface area contributed by atoms with Gasteiger partial charge in [0.1, 0.15) is 0 Å². The molecule has 1 aromatic carbocycles. The molecule has 0 radical (unpaired) electrons. The lowest BCUT2D eigenvalue weighted by molar-refractivity contribution is -0.130. The van der Waals surface area contributed by atoms with Crippen molar-refractivity contribution in [2.75, 3.05) is 18.6 Å². The van der Waals surface area contributed by atoms with Gasteiger partial charge in [0.25, 0.3) is 0 Å². The Bertz CT molecular complexity index is 626. The number of rotatable bonds is 3. The van der Waals surface area contributed by atoms with E-state index in [0.29, 0.717) is 12.0 Å². The van der Waals surface area contributed by atoms with Crippen molar-refractivity contribution in [3.05, 3.63) is 23.8 Å². The summed E-state index contributed by atoms with van der Waals surface area (Å²) in [6, 6.07) is 3.91. The van der Waals surface area contributed by atoms with Gasteiger partial charge in [0.05, 0.1) is 17.9 Å². The van der Waals surface area contributed by atoms with Gasteiger partial charge in [-0.25, -0.2) is 8.42 Å². The molecule has 0 bridgehead atoms. The van der Waals surface area contributed by atoms with Gasteiger partial charge in [-0.3, -0.25) is 4.79 Å². The number of carbonyl (C=O) groups excluding carboxylic acids is 1. The van der Waals surface area contributed by atoms with Gasteiger partial charge < -0.3 is 15.1 Å². The molecular weight excluding hydrogens is 282 g/mol. The standard InChI is InChI=1S/C13H17NO5S/c1-14(10-4-5-20(18,19)8-10)13(17)7-9-2-3-11(15)12(16)6-9/h2-3,6,10,15-16H,4-5,7-8H2,1H3. The van der Waals surface area contributed by atoms with Crippen molar-refractivity contribution in [3.63, 3.8) is 0 Å². The predicted molar refractivity (Wildman–Crippen MR) is 73.3 cm³/mol. The van der Waals surface area contributed by atoms with Crippen LogP contribution in [0.5, 0.6) is 11.5 Å². The molecule has 20 heavy (non-hydrogen) atoms. The van der Waals surface area contributed by atoms with Crippen molar-refractivity contribution in [3.8, 4) is 11.5 Å². The lowest BCUT2D eigenvalue weighted by atomic mass is 10.1. The highest BCUT2D eigenvalue weighted by molar-refractivity contribution is 7.91. The molecule has 1 aliphatic heterocycles. The molecule has 110 valence electrons. The Kier molecular flexibility index (Phi) is 3.89. The fourth-order valence-electron chi connectivity index (χ4n) is 2.26. The van der Waals surface area contributed by atoms with Crippen molar-refractivity contribution in [2.24, 2.45) is 0 Å². The summed E-state index contributed by atoms with van der Waals surface area (Å²) in [5, 5.41) is 18.6. The molecule has 0 aliphatic carbocycles. The summed E-state index contributed by atoms with van der Waals surface area (Å²) in [6.07, 6.45) is 0.520. The van der Waals surface area contributed by atoms with E-state index in [1.54, 1.807) is 13.1 Å². The number of phenols is 2. The maximum atomic E-state index is 12.1. The summed E-state index contributed by atoms with van der Waals surface area (Å²) in [5.41, 5.74) is 0.568. The van der Waals surface area contributed by atoms with E-state index in [0.717, 1.165) is 0 Å². The van der Waals surface area contributed by atoms with E-state index < -0.39 is 9.84 Å². The largest absolute Gasteiger partial charge is 0.504 e. The Morgan fingerprint density at radius 2 is 2.05 bits per heavy atom. The van der Waals surface area contributed by atoms with Gasteiger partial charge in [0.15, 0.2) is 21.3 Å². The van der Waals surface area contributed by atoms with Gasteiger partial charge in [-0.2, -0.15) is 0 Å². The highest BCUT2D eigenvalue weighted by Crippen LogP contribution is 2.25. The predicted octanol–water partition coefficient (Wildman–Crippen LogP) is 0.286. The number of hydrogen-bond donors (Lipinski definition) is 2. The van der Waals surface area contributed by atoms with Crippen LogP contribution in [0.4, 0.5) is 0 Å². The van der Waals surface area contributed by atoms with Crippen LogP contribution >= 0.6 is 0 Å². The quantitative estimate of drug-likeness (QED) is 0.782. The zero-order chi connectivity index (χ0) is 14.9. The van der Waals surface area contributed by atoms with Crippen LogP contribution in [0.3, 0.4) is 0 Å². The monoisotopic (exact) mass is 299 g/mol. The van der Waals surface area contributed by atoms with Crippen LogP contribution in [0.1, 0.15) is 12.0 Å². The summed E-state index contributed by atoms with van der Waals surface area (Å²) in [6.45, 7) is 0. The second-order valence-corrected chi connectivity index (χ2v) is 7.29. The Morgan fingerprint density at radius 1 is 1.35 bits per heavy atom. The fraction of sp³-hybridized carbons (Fsp3) is 0.462. The molecule has 1 amide bonds. The number of likely N-dealkylation sites (N-methyl/N-ethyl adjacent to an activating group) is 1. The van der Waals surface area contributed by atoms with Gasteiger partial charge in [0, 0.05) is 13.1 Å². The van der Waals surface area contributed by atoms with E-state index in [-0.39, 0.29) is 41.4 Å². The number of carbonyl (C=O) groups is 1. The third-order valence-corrected chi connectivity index (χ3v) is 5.30. The van der Waals surface area contributed by atoms with Gasteiger partial charge in [-0.15, -0.1) is 0 Å². The van der Waals surface area contributed by atoms with Gasteiger partial charge in [-0.1, -0.05) is 6.07 Å². The van der Waals surface area contributed by atoms with E-state index in [9.17, 15) is 23.4 Å². The molecule has 1 fully saturated rings. The first-order valence-corrected chi connectivity index (χ1v) is 8.07. The molecule has 1 unspecified atom stereocenters. The van der Waals surface area contributed by atoms with Crippen LogP contribution in [0.2, 0.25) is 0 Å². The maximum absolute atomic E-state index is 12.1. The van der Waals surface area contributed by atoms with Crippen LogP contribution in [-0.4, -0.2) is 54.0 Å². The lowest BCUT2D eigenvalue weighted by Crippen LogP contribution is -2.38. The molecule has 1 saturated heterocycles. The molecule has 1 atom stereocenters. The van der Waals surface area contributed by atoms with Gasteiger partial charge in [-0.05, 0) is 24.1 Å².